The number of urea groups is 1. The molecule has 2 aliphatic heterocycles. The molecule has 7 heteroatoms. The third-order valence-corrected chi connectivity index (χ3v) is 6.68. The Morgan fingerprint density at radius 1 is 1.09 bits per heavy atom. The van der Waals surface area contributed by atoms with E-state index >= 15 is 0 Å². The van der Waals surface area contributed by atoms with Crippen LogP contribution in [0.4, 0.5) is 10.5 Å². The monoisotopic (exact) mass is 455 g/mol. The molecular formula is C25H30ClN3O3. The van der Waals surface area contributed by atoms with Crippen LogP contribution in [0.2, 0.25) is 5.02 Å². The Morgan fingerprint density at radius 3 is 2.56 bits per heavy atom. The maximum absolute atomic E-state index is 13.3. The van der Waals surface area contributed by atoms with Crippen molar-refractivity contribution >= 4 is 29.2 Å². The van der Waals surface area contributed by atoms with Crippen molar-refractivity contribution in [2.24, 2.45) is 5.92 Å². The number of nitrogens with zero attached hydrogens (tertiary/aromatic N) is 2. The summed E-state index contributed by atoms with van der Waals surface area (Å²) in [5, 5.41) is 3.76. The van der Waals surface area contributed by atoms with Gasteiger partial charge >= 0.3 is 6.03 Å². The molecule has 0 saturated carbocycles. The van der Waals surface area contributed by atoms with E-state index in [9.17, 15) is 9.59 Å². The van der Waals surface area contributed by atoms with Crippen LogP contribution in [0.1, 0.15) is 31.7 Å². The molecule has 1 N–H and O–H groups in total. The molecule has 2 aromatic carbocycles. The molecule has 2 aliphatic rings. The van der Waals surface area contributed by atoms with E-state index in [1.807, 2.05) is 58.3 Å². The Morgan fingerprint density at radius 2 is 1.81 bits per heavy atom. The minimum absolute atomic E-state index is 0.00298. The largest absolute Gasteiger partial charge is 0.486 e. The number of hydrogen-bond acceptors (Lipinski definition) is 3. The lowest BCUT2D eigenvalue weighted by molar-refractivity contribution is -0.126. The summed E-state index contributed by atoms with van der Waals surface area (Å²) < 4.78 is 6.00. The van der Waals surface area contributed by atoms with Gasteiger partial charge in [0.15, 0.2) is 0 Å². The Kier molecular flexibility index (Phi) is 7.20. The number of hydrogen-bond donors (Lipinski definition) is 1. The zero-order valence-electron chi connectivity index (χ0n) is 18.4. The number of ether oxygens (including phenoxy) is 1. The van der Waals surface area contributed by atoms with Crippen LogP contribution in [-0.2, 0) is 11.2 Å². The predicted octanol–water partition coefficient (Wildman–Crippen LogP) is 4.51. The van der Waals surface area contributed by atoms with Crippen LogP contribution >= 0.6 is 11.6 Å². The fraction of sp³-hybridized carbons (Fsp3) is 0.440. The number of likely N-dealkylation sites (tertiary alicyclic amines) is 1. The molecule has 1 saturated heterocycles. The standard InChI is InChI=1S/C25H30ClN3O3/c1-2-20-17-29(22-9-5-6-10-23(22)32-20)25(31)28-15-12-19(13-16-28)24(30)27-14-11-18-7-3-4-8-21(18)26/h3-10,19-20H,2,11-17H2,1H3,(H,27,30)/t20-/m1/s1. The van der Waals surface area contributed by atoms with Gasteiger partial charge in [0, 0.05) is 30.6 Å². The summed E-state index contributed by atoms with van der Waals surface area (Å²) in [4.78, 5) is 29.6. The van der Waals surface area contributed by atoms with Crippen LogP contribution in [0.25, 0.3) is 0 Å². The quantitative estimate of drug-likeness (QED) is 0.721. The zero-order valence-corrected chi connectivity index (χ0v) is 19.2. The van der Waals surface area contributed by atoms with E-state index in [2.05, 4.69) is 12.2 Å². The SMILES string of the molecule is CC[C@@H]1CN(C(=O)N2CCC(C(=O)NCCc3ccccc3Cl)CC2)c2ccccc2O1. The highest BCUT2D eigenvalue weighted by Gasteiger charge is 2.34. The summed E-state index contributed by atoms with van der Waals surface area (Å²) in [5.74, 6) is 0.754. The third kappa shape index (κ3) is 5.01. The number of para-hydroxylation sites is 2. The topological polar surface area (TPSA) is 61.9 Å². The predicted molar refractivity (Wildman–Crippen MR) is 126 cm³/mol. The molecule has 170 valence electrons. The summed E-state index contributed by atoms with van der Waals surface area (Å²) in [6, 6.07) is 15.4. The molecule has 0 spiro atoms. The number of carbonyl (C=O) groups excluding carboxylic acids is 2. The van der Waals surface area contributed by atoms with Crippen molar-refractivity contribution in [3.8, 4) is 5.75 Å². The van der Waals surface area contributed by atoms with E-state index in [-0.39, 0.29) is 24.0 Å². The fourth-order valence-corrected chi connectivity index (χ4v) is 4.59. The second kappa shape index (κ2) is 10.3. The van der Waals surface area contributed by atoms with Crippen molar-refractivity contribution in [3.05, 3.63) is 59.1 Å². The van der Waals surface area contributed by atoms with Gasteiger partial charge in [0.1, 0.15) is 11.9 Å². The van der Waals surface area contributed by atoms with E-state index in [4.69, 9.17) is 16.3 Å². The van der Waals surface area contributed by atoms with E-state index in [1.165, 1.54) is 0 Å². The first-order valence-electron chi connectivity index (χ1n) is 11.4. The molecule has 0 aliphatic carbocycles. The van der Waals surface area contributed by atoms with Gasteiger partial charge in [0.25, 0.3) is 0 Å². The number of rotatable bonds is 5. The number of carbonyl (C=O) groups is 2. The molecule has 2 heterocycles. The number of anilines is 1. The van der Waals surface area contributed by atoms with E-state index in [0.29, 0.717) is 45.4 Å². The lowest BCUT2D eigenvalue weighted by atomic mass is 9.96. The molecule has 3 amide bonds. The summed E-state index contributed by atoms with van der Waals surface area (Å²) in [7, 11) is 0. The molecule has 6 nitrogen and oxygen atoms in total. The van der Waals surface area contributed by atoms with Gasteiger partial charge in [-0.25, -0.2) is 4.79 Å². The molecule has 1 atom stereocenters. The van der Waals surface area contributed by atoms with Gasteiger partial charge in [-0.05, 0) is 49.4 Å². The molecule has 0 bridgehead atoms. The Hall–Kier alpha value is -2.73. The number of halogens is 1. The third-order valence-electron chi connectivity index (χ3n) is 6.31. The maximum atomic E-state index is 13.3. The number of benzene rings is 2. The second-order valence-electron chi connectivity index (χ2n) is 8.40. The lowest BCUT2D eigenvalue weighted by Gasteiger charge is -2.39. The van der Waals surface area contributed by atoms with Crippen molar-refractivity contribution in [1.82, 2.24) is 10.2 Å². The molecule has 0 unspecified atom stereocenters. The van der Waals surface area contributed by atoms with Gasteiger partial charge in [0.05, 0.1) is 12.2 Å². The molecular weight excluding hydrogens is 426 g/mol. The van der Waals surface area contributed by atoms with E-state index in [1.54, 1.807) is 0 Å². The minimum atomic E-state index is -0.0642. The van der Waals surface area contributed by atoms with Crippen molar-refractivity contribution in [2.45, 2.75) is 38.7 Å². The number of nitrogens with one attached hydrogen (secondary N) is 1. The Balaban J connectivity index is 1.29. The summed E-state index contributed by atoms with van der Waals surface area (Å²) in [6.07, 6.45) is 2.89. The smallest absolute Gasteiger partial charge is 0.324 e. The van der Waals surface area contributed by atoms with Gasteiger partial charge in [-0.1, -0.05) is 48.9 Å². The summed E-state index contributed by atoms with van der Waals surface area (Å²) in [6.45, 7) is 4.34. The minimum Gasteiger partial charge on any atom is -0.486 e. The first kappa shape index (κ1) is 22.5. The van der Waals surface area contributed by atoms with Gasteiger partial charge in [-0.15, -0.1) is 0 Å². The molecule has 4 rings (SSSR count). The van der Waals surface area contributed by atoms with Crippen molar-refractivity contribution < 1.29 is 14.3 Å². The maximum Gasteiger partial charge on any atom is 0.324 e. The van der Waals surface area contributed by atoms with E-state index < -0.39 is 0 Å². The average Bonchev–Trinajstić information content (AvgIpc) is 2.84. The van der Waals surface area contributed by atoms with Crippen LogP contribution < -0.4 is 15.0 Å². The first-order chi connectivity index (χ1) is 15.6. The molecule has 0 aromatic heterocycles. The molecule has 32 heavy (non-hydrogen) atoms. The average molecular weight is 456 g/mol. The van der Waals surface area contributed by atoms with Gasteiger partial charge in [-0.2, -0.15) is 0 Å². The van der Waals surface area contributed by atoms with Crippen molar-refractivity contribution in [3.63, 3.8) is 0 Å². The second-order valence-corrected chi connectivity index (χ2v) is 8.81. The van der Waals surface area contributed by atoms with Crippen molar-refractivity contribution in [1.29, 1.82) is 0 Å². The number of fused-ring (bicyclic) bond motifs is 1. The van der Waals surface area contributed by atoms with Gasteiger partial charge in [-0.3, -0.25) is 9.69 Å². The highest BCUT2D eigenvalue weighted by Crippen LogP contribution is 2.35. The highest BCUT2D eigenvalue weighted by atomic mass is 35.5. The normalized spacial score (nSPS) is 18.6. The summed E-state index contributed by atoms with van der Waals surface area (Å²) >= 11 is 6.19. The van der Waals surface area contributed by atoms with Gasteiger partial charge in [0.2, 0.25) is 5.91 Å². The lowest BCUT2D eigenvalue weighted by Crippen LogP contribution is -2.52. The molecule has 2 aromatic rings. The fourth-order valence-electron chi connectivity index (χ4n) is 4.36. The zero-order chi connectivity index (χ0) is 22.5. The van der Waals surface area contributed by atoms with Gasteiger partial charge < -0.3 is 15.0 Å². The Labute approximate surface area is 194 Å². The molecule has 0 radical (unpaired) electrons. The van der Waals surface area contributed by atoms with Crippen LogP contribution in [0.5, 0.6) is 5.75 Å². The van der Waals surface area contributed by atoms with Crippen LogP contribution in [-0.4, -0.2) is 49.1 Å². The van der Waals surface area contributed by atoms with E-state index in [0.717, 1.165) is 28.4 Å². The van der Waals surface area contributed by atoms with Crippen LogP contribution in [0.3, 0.4) is 0 Å². The first-order valence-corrected chi connectivity index (χ1v) is 11.8. The summed E-state index contributed by atoms with van der Waals surface area (Å²) in [5.41, 5.74) is 1.85. The molecule has 1 fully saturated rings. The van der Waals surface area contributed by atoms with Crippen LogP contribution in [0.15, 0.2) is 48.5 Å². The number of piperidine rings is 1. The van der Waals surface area contributed by atoms with Crippen molar-refractivity contribution in [2.75, 3.05) is 31.1 Å². The highest BCUT2D eigenvalue weighted by molar-refractivity contribution is 6.31. The van der Waals surface area contributed by atoms with Crippen LogP contribution in [0, 0.1) is 5.92 Å². The Bertz CT molecular complexity index is 959. The number of amides is 3.